The molecule has 4 heteroatoms. The fraction of sp³-hybridized carbons (Fsp3) is 0.400. The number of carboxylic acids is 1. The van der Waals surface area contributed by atoms with Crippen LogP contribution in [0.25, 0.3) is 0 Å². The van der Waals surface area contributed by atoms with Gasteiger partial charge in [0.1, 0.15) is 5.75 Å². The van der Waals surface area contributed by atoms with Crippen molar-refractivity contribution < 1.29 is 14.6 Å². The standard InChI is InChI=1S/C15H19NO3/c1-2-13-7-5-9-16(13)10-12-6-3-4-8-14(12)19-11-15(17)18/h3-8,13H,2,9-11H2,1H3,(H,17,18)/t13-/m1/s1. The van der Waals surface area contributed by atoms with E-state index < -0.39 is 5.97 Å². The van der Waals surface area contributed by atoms with E-state index >= 15 is 0 Å². The second kappa shape index (κ2) is 6.38. The summed E-state index contributed by atoms with van der Waals surface area (Å²) in [6.45, 7) is 3.58. The molecule has 0 saturated heterocycles. The highest BCUT2D eigenvalue weighted by atomic mass is 16.5. The zero-order chi connectivity index (χ0) is 13.7. The molecule has 1 aliphatic heterocycles. The average molecular weight is 261 g/mol. The van der Waals surface area contributed by atoms with E-state index in [9.17, 15) is 4.79 Å². The van der Waals surface area contributed by atoms with Crippen LogP contribution in [0.5, 0.6) is 5.75 Å². The highest BCUT2D eigenvalue weighted by molar-refractivity contribution is 5.68. The molecule has 0 fully saturated rings. The molecule has 0 bridgehead atoms. The predicted octanol–water partition coefficient (Wildman–Crippen LogP) is 2.30. The van der Waals surface area contributed by atoms with Crippen molar-refractivity contribution in [3.8, 4) is 5.75 Å². The second-order valence-electron chi connectivity index (χ2n) is 4.62. The predicted molar refractivity (Wildman–Crippen MR) is 73.2 cm³/mol. The van der Waals surface area contributed by atoms with Gasteiger partial charge in [0.15, 0.2) is 6.61 Å². The molecule has 1 aromatic rings. The SMILES string of the molecule is CC[C@@H]1C=CCN1Cc1ccccc1OCC(=O)O. The fourth-order valence-electron chi connectivity index (χ4n) is 2.32. The summed E-state index contributed by atoms with van der Waals surface area (Å²) in [6, 6.07) is 8.09. The van der Waals surface area contributed by atoms with Crippen LogP contribution >= 0.6 is 0 Å². The molecule has 1 atom stereocenters. The lowest BCUT2D eigenvalue weighted by Gasteiger charge is -2.24. The summed E-state index contributed by atoms with van der Waals surface area (Å²) in [5.41, 5.74) is 1.03. The third-order valence-electron chi connectivity index (χ3n) is 3.28. The van der Waals surface area contributed by atoms with Gasteiger partial charge in [0.05, 0.1) is 0 Å². The zero-order valence-electron chi connectivity index (χ0n) is 11.1. The monoisotopic (exact) mass is 261 g/mol. The Balaban J connectivity index is 2.05. The Hall–Kier alpha value is -1.81. The molecule has 0 aromatic heterocycles. The average Bonchev–Trinajstić information content (AvgIpc) is 2.85. The number of benzene rings is 1. The number of hydrogen-bond donors (Lipinski definition) is 1. The van der Waals surface area contributed by atoms with E-state index in [1.165, 1.54) is 0 Å². The quantitative estimate of drug-likeness (QED) is 0.798. The molecule has 0 saturated carbocycles. The smallest absolute Gasteiger partial charge is 0.341 e. The molecule has 0 amide bonds. The number of ether oxygens (including phenoxy) is 1. The fourth-order valence-corrected chi connectivity index (χ4v) is 2.32. The summed E-state index contributed by atoms with van der Waals surface area (Å²) in [5.74, 6) is -0.296. The highest BCUT2D eigenvalue weighted by Crippen LogP contribution is 2.23. The van der Waals surface area contributed by atoms with Gasteiger partial charge in [-0.15, -0.1) is 0 Å². The number of aliphatic carboxylic acids is 1. The lowest BCUT2D eigenvalue weighted by Crippen LogP contribution is -2.29. The molecule has 0 spiro atoms. The van der Waals surface area contributed by atoms with Gasteiger partial charge in [0.25, 0.3) is 0 Å². The maximum absolute atomic E-state index is 10.6. The Labute approximate surface area is 113 Å². The number of carboxylic acid groups (broad SMARTS) is 1. The normalized spacial score (nSPS) is 18.7. The molecule has 1 N–H and O–H groups in total. The van der Waals surface area contributed by atoms with Crippen LogP contribution in [-0.2, 0) is 11.3 Å². The van der Waals surface area contributed by atoms with Crippen molar-refractivity contribution in [2.75, 3.05) is 13.2 Å². The van der Waals surface area contributed by atoms with E-state index in [0.717, 1.165) is 25.1 Å². The molecule has 19 heavy (non-hydrogen) atoms. The van der Waals surface area contributed by atoms with Gasteiger partial charge < -0.3 is 9.84 Å². The summed E-state index contributed by atoms with van der Waals surface area (Å²) >= 11 is 0. The zero-order valence-corrected chi connectivity index (χ0v) is 11.1. The van der Waals surface area contributed by atoms with Crippen molar-refractivity contribution in [3.63, 3.8) is 0 Å². The van der Waals surface area contributed by atoms with Crippen molar-refractivity contribution in [2.24, 2.45) is 0 Å². The Morgan fingerprint density at radius 3 is 3.00 bits per heavy atom. The van der Waals surface area contributed by atoms with Crippen LogP contribution < -0.4 is 4.74 Å². The van der Waals surface area contributed by atoms with Crippen molar-refractivity contribution in [1.82, 2.24) is 4.90 Å². The minimum Gasteiger partial charge on any atom is -0.482 e. The van der Waals surface area contributed by atoms with Gasteiger partial charge in [0, 0.05) is 24.7 Å². The number of rotatable bonds is 6. The first-order valence-electron chi connectivity index (χ1n) is 6.54. The third-order valence-corrected chi connectivity index (χ3v) is 3.28. The van der Waals surface area contributed by atoms with Crippen molar-refractivity contribution in [1.29, 1.82) is 0 Å². The maximum atomic E-state index is 10.6. The van der Waals surface area contributed by atoms with Gasteiger partial charge in [-0.2, -0.15) is 0 Å². The molecular formula is C15H19NO3. The van der Waals surface area contributed by atoms with Crippen molar-refractivity contribution >= 4 is 5.97 Å². The van der Waals surface area contributed by atoms with Crippen LogP contribution in [0.3, 0.4) is 0 Å². The number of para-hydroxylation sites is 1. The van der Waals surface area contributed by atoms with E-state index in [-0.39, 0.29) is 6.61 Å². The first-order chi connectivity index (χ1) is 9.20. The minimum atomic E-state index is -0.955. The van der Waals surface area contributed by atoms with Crippen LogP contribution in [0.2, 0.25) is 0 Å². The van der Waals surface area contributed by atoms with Crippen LogP contribution in [-0.4, -0.2) is 35.2 Å². The highest BCUT2D eigenvalue weighted by Gasteiger charge is 2.19. The largest absolute Gasteiger partial charge is 0.482 e. The Kier molecular flexibility index (Phi) is 4.58. The number of nitrogens with zero attached hydrogens (tertiary/aromatic N) is 1. The van der Waals surface area contributed by atoms with Gasteiger partial charge in [-0.25, -0.2) is 4.79 Å². The number of carbonyl (C=O) groups is 1. The molecule has 1 aliphatic rings. The first kappa shape index (κ1) is 13.6. The molecule has 1 heterocycles. The van der Waals surface area contributed by atoms with Crippen molar-refractivity contribution in [3.05, 3.63) is 42.0 Å². The van der Waals surface area contributed by atoms with Crippen molar-refractivity contribution in [2.45, 2.75) is 25.9 Å². The second-order valence-corrected chi connectivity index (χ2v) is 4.62. The van der Waals surface area contributed by atoms with Gasteiger partial charge in [-0.3, -0.25) is 4.90 Å². The van der Waals surface area contributed by atoms with Gasteiger partial charge in [0.2, 0.25) is 0 Å². The molecule has 0 aliphatic carbocycles. The summed E-state index contributed by atoms with van der Waals surface area (Å²) in [7, 11) is 0. The summed E-state index contributed by atoms with van der Waals surface area (Å²) in [6.07, 6.45) is 5.48. The molecule has 102 valence electrons. The summed E-state index contributed by atoms with van der Waals surface area (Å²) < 4.78 is 5.33. The molecule has 0 radical (unpaired) electrons. The van der Waals surface area contributed by atoms with Crippen LogP contribution in [0.4, 0.5) is 0 Å². The van der Waals surface area contributed by atoms with Gasteiger partial charge in [-0.1, -0.05) is 37.3 Å². The number of hydrogen-bond acceptors (Lipinski definition) is 3. The molecule has 1 aromatic carbocycles. The van der Waals surface area contributed by atoms with Gasteiger partial charge >= 0.3 is 5.97 Å². The molecular weight excluding hydrogens is 242 g/mol. The summed E-state index contributed by atoms with van der Waals surface area (Å²) in [4.78, 5) is 12.9. The van der Waals surface area contributed by atoms with E-state index in [2.05, 4.69) is 24.0 Å². The topological polar surface area (TPSA) is 49.8 Å². The lowest BCUT2D eigenvalue weighted by molar-refractivity contribution is -0.139. The van der Waals surface area contributed by atoms with Crippen LogP contribution in [0.15, 0.2) is 36.4 Å². The van der Waals surface area contributed by atoms with E-state index in [1.54, 1.807) is 0 Å². The Morgan fingerprint density at radius 1 is 1.47 bits per heavy atom. The Morgan fingerprint density at radius 2 is 2.26 bits per heavy atom. The minimum absolute atomic E-state index is 0.299. The molecule has 2 rings (SSSR count). The summed E-state index contributed by atoms with van der Waals surface area (Å²) in [5, 5.41) is 8.68. The van der Waals surface area contributed by atoms with E-state index in [1.807, 2.05) is 24.3 Å². The lowest BCUT2D eigenvalue weighted by atomic mass is 10.1. The van der Waals surface area contributed by atoms with Gasteiger partial charge in [-0.05, 0) is 12.5 Å². The van der Waals surface area contributed by atoms with E-state index in [0.29, 0.717) is 11.8 Å². The maximum Gasteiger partial charge on any atom is 0.341 e. The molecule has 4 nitrogen and oxygen atoms in total. The van der Waals surface area contributed by atoms with E-state index in [4.69, 9.17) is 9.84 Å². The van der Waals surface area contributed by atoms with Crippen LogP contribution in [0.1, 0.15) is 18.9 Å². The van der Waals surface area contributed by atoms with Crippen LogP contribution in [0, 0.1) is 0 Å². The third kappa shape index (κ3) is 3.58. The molecule has 0 unspecified atom stereocenters. The Bertz CT molecular complexity index is 470. The first-order valence-corrected chi connectivity index (χ1v) is 6.54.